The zero-order chi connectivity index (χ0) is 14.4. The SMILES string of the molecule is N#Cc1ccc(C(=O)O)c(CCCc2ccccc2)c1. The summed E-state index contributed by atoms with van der Waals surface area (Å²) in [6, 6.07) is 16.9. The predicted molar refractivity (Wildman–Crippen MR) is 76.6 cm³/mol. The van der Waals surface area contributed by atoms with Gasteiger partial charge in [0.05, 0.1) is 17.2 Å². The van der Waals surface area contributed by atoms with E-state index in [0.29, 0.717) is 12.0 Å². The summed E-state index contributed by atoms with van der Waals surface area (Å²) in [5.74, 6) is -0.941. The number of nitriles is 1. The summed E-state index contributed by atoms with van der Waals surface area (Å²) in [7, 11) is 0. The van der Waals surface area contributed by atoms with Crippen LogP contribution in [0.5, 0.6) is 0 Å². The number of carboxylic acids is 1. The molecule has 0 spiro atoms. The Hall–Kier alpha value is -2.60. The van der Waals surface area contributed by atoms with E-state index in [-0.39, 0.29) is 5.56 Å². The second-order valence-corrected chi connectivity index (χ2v) is 4.63. The van der Waals surface area contributed by atoms with Crippen LogP contribution in [-0.4, -0.2) is 11.1 Å². The van der Waals surface area contributed by atoms with Crippen LogP contribution in [0.3, 0.4) is 0 Å². The number of rotatable bonds is 5. The third kappa shape index (κ3) is 3.46. The van der Waals surface area contributed by atoms with Crippen molar-refractivity contribution >= 4 is 5.97 Å². The second-order valence-electron chi connectivity index (χ2n) is 4.63. The average Bonchev–Trinajstić information content (AvgIpc) is 2.48. The Morgan fingerprint density at radius 1 is 1.10 bits per heavy atom. The number of hydrogen-bond acceptors (Lipinski definition) is 2. The van der Waals surface area contributed by atoms with Gasteiger partial charge in [0, 0.05) is 0 Å². The van der Waals surface area contributed by atoms with Crippen molar-refractivity contribution in [3.63, 3.8) is 0 Å². The van der Waals surface area contributed by atoms with Gasteiger partial charge in [0.1, 0.15) is 0 Å². The van der Waals surface area contributed by atoms with Crippen LogP contribution in [0, 0.1) is 11.3 Å². The van der Waals surface area contributed by atoms with Gasteiger partial charge in [0.2, 0.25) is 0 Å². The van der Waals surface area contributed by atoms with Gasteiger partial charge in [-0.15, -0.1) is 0 Å². The molecule has 20 heavy (non-hydrogen) atoms. The number of benzene rings is 2. The van der Waals surface area contributed by atoms with E-state index >= 15 is 0 Å². The molecule has 0 aromatic heterocycles. The zero-order valence-corrected chi connectivity index (χ0v) is 11.0. The van der Waals surface area contributed by atoms with Crippen LogP contribution >= 0.6 is 0 Å². The molecule has 0 atom stereocenters. The summed E-state index contributed by atoms with van der Waals surface area (Å²) in [6.45, 7) is 0. The molecule has 0 amide bonds. The van der Waals surface area contributed by atoms with Crippen molar-refractivity contribution in [2.24, 2.45) is 0 Å². The van der Waals surface area contributed by atoms with Crippen LogP contribution in [0.4, 0.5) is 0 Å². The van der Waals surface area contributed by atoms with Gasteiger partial charge in [-0.3, -0.25) is 0 Å². The molecular formula is C17H15NO2. The maximum Gasteiger partial charge on any atom is 0.335 e. The molecule has 0 unspecified atom stereocenters. The molecule has 0 bridgehead atoms. The first kappa shape index (κ1) is 13.8. The van der Waals surface area contributed by atoms with Crippen molar-refractivity contribution in [3.05, 3.63) is 70.8 Å². The molecule has 2 aromatic carbocycles. The van der Waals surface area contributed by atoms with Crippen molar-refractivity contribution in [1.29, 1.82) is 5.26 Å². The molecular weight excluding hydrogens is 250 g/mol. The molecule has 0 heterocycles. The van der Waals surface area contributed by atoms with E-state index in [1.807, 2.05) is 24.3 Å². The van der Waals surface area contributed by atoms with E-state index in [4.69, 9.17) is 10.4 Å². The fourth-order valence-corrected chi connectivity index (χ4v) is 2.21. The molecule has 3 nitrogen and oxygen atoms in total. The van der Waals surface area contributed by atoms with Crippen molar-refractivity contribution in [2.45, 2.75) is 19.3 Å². The highest BCUT2D eigenvalue weighted by molar-refractivity contribution is 5.89. The van der Waals surface area contributed by atoms with Gasteiger partial charge in [-0.1, -0.05) is 30.3 Å². The molecule has 0 saturated heterocycles. The fourth-order valence-electron chi connectivity index (χ4n) is 2.21. The van der Waals surface area contributed by atoms with Gasteiger partial charge in [-0.25, -0.2) is 4.79 Å². The lowest BCUT2D eigenvalue weighted by molar-refractivity contribution is 0.0695. The summed E-state index contributed by atoms with van der Waals surface area (Å²) in [6.07, 6.45) is 2.42. The van der Waals surface area contributed by atoms with Gasteiger partial charge in [0.25, 0.3) is 0 Å². The van der Waals surface area contributed by atoms with Crippen molar-refractivity contribution in [2.75, 3.05) is 0 Å². The number of carbonyl (C=O) groups is 1. The molecule has 0 radical (unpaired) electrons. The first-order chi connectivity index (χ1) is 9.70. The third-order valence-corrected chi connectivity index (χ3v) is 3.22. The Kier molecular flexibility index (Phi) is 4.52. The highest BCUT2D eigenvalue weighted by Gasteiger charge is 2.10. The Bertz CT molecular complexity index is 642. The topological polar surface area (TPSA) is 61.1 Å². The molecule has 0 aliphatic carbocycles. The van der Waals surface area contributed by atoms with Crippen LogP contribution in [0.1, 0.15) is 33.5 Å². The predicted octanol–water partition coefficient (Wildman–Crippen LogP) is 3.43. The largest absolute Gasteiger partial charge is 0.478 e. The van der Waals surface area contributed by atoms with Crippen molar-refractivity contribution in [3.8, 4) is 6.07 Å². The first-order valence-electron chi connectivity index (χ1n) is 6.51. The van der Waals surface area contributed by atoms with Crippen LogP contribution in [-0.2, 0) is 12.8 Å². The third-order valence-electron chi connectivity index (χ3n) is 3.22. The number of aromatic carboxylic acids is 1. The lowest BCUT2D eigenvalue weighted by atomic mass is 9.98. The van der Waals surface area contributed by atoms with Gasteiger partial charge < -0.3 is 5.11 Å². The average molecular weight is 265 g/mol. The fraction of sp³-hybridized carbons (Fsp3) is 0.176. The van der Waals surface area contributed by atoms with Gasteiger partial charge >= 0.3 is 5.97 Å². The van der Waals surface area contributed by atoms with Crippen LogP contribution < -0.4 is 0 Å². The van der Waals surface area contributed by atoms with Crippen molar-refractivity contribution < 1.29 is 9.90 Å². The van der Waals surface area contributed by atoms with Crippen LogP contribution in [0.25, 0.3) is 0 Å². The lowest BCUT2D eigenvalue weighted by Gasteiger charge is -2.07. The summed E-state index contributed by atoms with van der Waals surface area (Å²) in [4.78, 5) is 11.2. The Balaban J connectivity index is 2.08. The molecule has 0 saturated carbocycles. The Morgan fingerprint density at radius 2 is 1.85 bits per heavy atom. The maximum atomic E-state index is 11.2. The molecule has 1 N–H and O–H groups in total. The van der Waals surface area contributed by atoms with E-state index in [0.717, 1.165) is 18.4 Å². The molecule has 2 aromatic rings. The quantitative estimate of drug-likeness (QED) is 0.900. The maximum absolute atomic E-state index is 11.2. The van der Waals surface area contributed by atoms with Gasteiger partial charge in [-0.2, -0.15) is 5.26 Å². The van der Waals surface area contributed by atoms with Crippen LogP contribution in [0.15, 0.2) is 48.5 Å². The summed E-state index contributed by atoms with van der Waals surface area (Å²) < 4.78 is 0. The molecule has 0 aliphatic heterocycles. The van der Waals surface area contributed by atoms with Crippen molar-refractivity contribution in [1.82, 2.24) is 0 Å². The molecule has 2 rings (SSSR count). The normalized spacial score (nSPS) is 9.95. The van der Waals surface area contributed by atoms with Crippen LogP contribution in [0.2, 0.25) is 0 Å². The Labute approximate surface area is 118 Å². The summed E-state index contributed by atoms with van der Waals surface area (Å²) >= 11 is 0. The highest BCUT2D eigenvalue weighted by Crippen LogP contribution is 2.15. The minimum Gasteiger partial charge on any atom is -0.478 e. The standard InChI is InChI=1S/C17H15NO2/c18-12-14-9-10-16(17(19)20)15(11-14)8-4-7-13-5-2-1-3-6-13/h1-3,5-6,9-11H,4,7-8H2,(H,19,20). The minimum absolute atomic E-state index is 0.289. The smallest absolute Gasteiger partial charge is 0.335 e. The lowest BCUT2D eigenvalue weighted by Crippen LogP contribution is -2.03. The minimum atomic E-state index is -0.941. The monoisotopic (exact) mass is 265 g/mol. The molecule has 100 valence electrons. The number of carboxylic acid groups (broad SMARTS) is 1. The number of aryl methyl sites for hydroxylation is 2. The molecule has 0 aliphatic rings. The van der Waals surface area contributed by atoms with E-state index in [9.17, 15) is 4.79 Å². The molecule has 3 heteroatoms. The molecule has 0 fully saturated rings. The highest BCUT2D eigenvalue weighted by atomic mass is 16.4. The van der Waals surface area contributed by atoms with E-state index in [1.54, 1.807) is 12.1 Å². The van der Waals surface area contributed by atoms with E-state index < -0.39 is 5.97 Å². The zero-order valence-electron chi connectivity index (χ0n) is 11.0. The van der Waals surface area contributed by atoms with E-state index in [1.165, 1.54) is 11.6 Å². The summed E-state index contributed by atoms with van der Waals surface area (Å²) in [5.41, 5.74) is 2.76. The Morgan fingerprint density at radius 3 is 2.50 bits per heavy atom. The first-order valence-corrected chi connectivity index (χ1v) is 6.51. The number of nitrogens with zero attached hydrogens (tertiary/aromatic N) is 1. The number of hydrogen-bond donors (Lipinski definition) is 1. The van der Waals surface area contributed by atoms with E-state index in [2.05, 4.69) is 12.1 Å². The van der Waals surface area contributed by atoms with Gasteiger partial charge in [-0.05, 0) is 48.6 Å². The van der Waals surface area contributed by atoms with Gasteiger partial charge in [0.15, 0.2) is 0 Å². The second kappa shape index (κ2) is 6.53. The summed E-state index contributed by atoms with van der Waals surface area (Å²) in [5, 5.41) is 18.1.